The Balaban J connectivity index is 1.57. The van der Waals surface area contributed by atoms with E-state index in [2.05, 4.69) is 15.9 Å². The monoisotopic (exact) mass is 514 g/mol. The van der Waals surface area contributed by atoms with Crippen LogP contribution < -0.4 is 4.74 Å². The number of thioether (sulfide) groups is 1. The molecule has 2 amide bonds. The minimum atomic E-state index is -0.520. The second kappa shape index (κ2) is 9.01. The summed E-state index contributed by atoms with van der Waals surface area (Å²) in [6.45, 7) is 0.163. The van der Waals surface area contributed by atoms with Gasteiger partial charge in [0.15, 0.2) is 0 Å². The van der Waals surface area contributed by atoms with E-state index in [4.69, 9.17) is 9.15 Å². The number of imide groups is 1. The summed E-state index contributed by atoms with van der Waals surface area (Å²) >= 11 is 4.17. The molecular weight excluding hydrogens is 500 g/mol. The highest BCUT2D eigenvalue weighted by atomic mass is 79.9. The highest BCUT2D eigenvalue weighted by Gasteiger charge is 2.35. The largest absolute Gasteiger partial charge is 0.497 e. The fraction of sp³-hybridized carbons (Fsp3) is 0.0909. The van der Waals surface area contributed by atoms with E-state index in [0.29, 0.717) is 11.5 Å². The maximum atomic E-state index is 12.7. The second-order valence-electron chi connectivity index (χ2n) is 6.74. The van der Waals surface area contributed by atoms with Crippen LogP contribution in [0.25, 0.3) is 17.4 Å². The molecule has 1 saturated heterocycles. The van der Waals surface area contributed by atoms with E-state index in [9.17, 15) is 19.7 Å². The lowest BCUT2D eigenvalue weighted by molar-refractivity contribution is -0.384. The van der Waals surface area contributed by atoms with Crippen molar-refractivity contribution in [2.45, 2.75) is 6.54 Å². The number of ether oxygens (including phenoxy) is 1. The molecule has 8 nitrogen and oxygen atoms in total. The zero-order valence-corrected chi connectivity index (χ0v) is 19.0. The number of nitro benzene ring substituents is 1. The van der Waals surface area contributed by atoms with Gasteiger partial charge in [-0.05, 0) is 53.7 Å². The molecule has 2 aromatic carbocycles. The van der Waals surface area contributed by atoms with Gasteiger partial charge in [-0.2, -0.15) is 0 Å². The molecule has 1 aromatic heterocycles. The van der Waals surface area contributed by atoms with Gasteiger partial charge in [0.05, 0.1) is 35.1 Å². The van der Waals surface area contributed by atoms with E-state index >= 15 is 0 Å². The molecule has 2 heterocycles. The standard InChI is InChI=1S/C22H15BrN2O6S/c1-30-15-6-8-17(18(10-15)25(28)29)19-9-7-16(31-19)11-20-21(26)24(22(27)32-20)12-13-2-4-14(23)5-3-13/h2-11H,12H2,1H3/b20-11-. The van der Waals surface area contributed by atoms with Crippen LogP contribution in [-0.2, 0) is 11.3 Å². The van der Waals surface area contributed by atoms with Gasteiger partial charge in [0.1, 0.15) is 17.3 Å². The average Bonchev–Trinajstić information content (AvgIpc) is 3.35. The van der Waals surface area contributed by atoms with Crippen LogP contribution >= 0.6 is 27.7 Å². The number of carbonyl (C=O) groups excluding carboxylic acids is 2. The van der Waals surface area contributed by atoms with Gasteiger partial charge in [-0.15, -0.1) is 0 Å². The molecule has 0 unspecified atom stereocenters. The number of amides is 2. The van der Waals surface area contributed by atoms with Gasteiger partial charge in [0, 0.05) is 10.5 Å². The molecule has 162 valence electrons. The molecule has 3 aromatic rings. The van der Waals surface area contributed by atoms with Gasteiger partial charge in [-0.25, -0.2) is 0 Å². The van der Waals surface area contributed by atoms with Crippen molar-refractivity contribution in [3.8, 4) is 17.1 Å². The maximum Gasteiger partial charge on any atom is 0.293 e. The number of methoxy groups -OCH3 is 1. The molecule has 0 radical (unpaired) electrons. The highest BCUT2D eigenvalue weighted by molar-refractivity contribution is 9.10. The van der Waals surface area contributed by atoms with Gasteiger partial charge in [-0.3, -0.25) is 24.6 Å². The average molecular weight is 515 g/mol. The maximum absolute atomic E-state index is 12.7. The third kappa shape index (κ3) is 4.46. The number of benzene rings is 2. The number of rotatable bonds is 6. The number of carbonyl (C=O) groups is 2. The number of furan rings is 1. The summed E-state index contributed by atoms with van der Waals surface area (Å²) in [6.07, 6.45) is 1.46. The van der Waals surface area contributed by atoms with Crippen LogP contribution in [0, 0.1) is 10.1 Å². The quantitative estimate of drug-likeness (QED) is 0.230. The molecule has 10 heteroatoms. The molecule has 32 heavy (non-hydrogen) atoms. The van der Waals surface area contributed by atoms with E-state index in [1.165, 1.54) is 25.3 Å². The summed E-state index contributed by atoms with van der Waals surface area (Å²) in [5.74, 6) is 0.502. The van der Waals surface area contributed by atoms with Crippen LogP contribution in [0.15, 0.2) is 68.4 Å². The van der Waals surface area contributed by atoms with Gasteiger partial charge >= 0.3 is 0 Å². The molecule has 4 rings (SSSR count). The third-order valence-electron chi connectivity index (χ3n) is 4.69. The number of nitro groups is 1. The molecule has 0 aliphatic carbocycles. The van der Waals surface area contributed by atoms with Crippen molar-refractivity contribution in [1.82, 2.24) is 4.90 Å². The summed E-state index contributed by atoms with van der Waals surface area (Å²) in [5.41, 5.74) is 0.933. The van der Waals surface area contributed by atoms with Gasteiger partial charge in [0.2, 0.25) is 0 Å². The Labute approximate surface area is 195 Å². The predicted molar refractivity (Wildman–Crippen MR) is 123 cm³/mol. The minimum absolute atomic E-state index is 0.163. The lowest BCUT2D eigenvalue weighted by Crippen LogP contribution is -2.27. The Hall–Kier alpha value is -3.37. The van der Waals surface area contributed by atoms with Crippen LogP contribution in [0.2, 0.25) is 0 Å². The lowest BCUT2D eigenvalue weighted by Gasteiger charge is -2.12. The number of hydrogen-bond acceptors (Lipinski definition) is 7. The van der Waals surface area contributed by atoms with Crippen molar-refractivity contribution in [3.63, 3.8) is 0 Å². The second-order valence-corrected chi connectivity index (χ2v) is 8.65. The van der Waals surface area contributed by atoms with Gasteiger partial charge < -0.3 is 9.15 Å². The van der Waals surface area contributed by atoms with Crippen LogP contribution in [0.5, 0.6) is 5.75 Å². The van der Waals surface area contributed by atoms with Crippen molar-refractivity contribution >= 4 is 50.6 Å². The first kappa shape index (κ1) is 21.8. The Morgan fingerprint density at radius 1 is 1.16 bits per heavy atom. The Kier molecular flexibility index (Phi) is 6.15. The number of halogens is 1. The number of nitrogens with zero attached hydrogens (tertiary/aromatic N) is 2. The zero-order valence-electron chi connectivity index (χ0n) is 16.6. The molecule has 1 aliphatic heterocycles. The van der Waals surface area contributed by atoms with Crippen molar-refractivity contribution in [1.29, 1.82) is 0 Å². The van der Waals surface area contributed by atoms with Crippen LogP contribution in [0.3, 0.4) is 0 Å². The Morgan fingerprint density at radius 3 is 2.59 bits per heavy atom. The SMILES string of the molecule is COc1ccc(-c2ccc(/C=C3\SC(=O)N(Cc4ccc(Br)cc4)C3=O)o2)c([N+](=O)[O-])c1. The van der Waals surface area contributed by atoms with E-state index in [1.54, 1.807) is 18.2 Å². The molecule has 0 atom stereocenters. The minimum Gasteiger partial charge on any atom is -0.497 e. The summed E-state index contributed by atoms with van der Waals surface area (Å²) in [7, 11) is 1.42. The first-order chi connectivity index (χ1) is 15.4. The third-order valence-corrected chi connectivity index (χ3v) is 6.13. The van der Waals surface area contributed by atoms with E-state index < -0.39 is 10.8 Å². The summed E-state index contributed by atoms with van der Waals surface area (Å²) in [5, 5.41) is 11.1. The molecule has 0 bridgehead atoms. The molecule has 0 saturated carbocycles. The number of hydrogen-bond donors (Lipinski definition) is 0. The van der Waals surface area contributed by atoms with Crippen LogP contribution in [0.1, 0.15) is 11.3 Å². The van der Waals surface area contributed by atoms with Crippen LogP contribution in [0.4, 0.5) is 10.5 Å². The fourth-order valence-corrected chi connectivity index (χ4v) is 4.19. The smallest absolute Gasteiger partial charge is 0.293 e. The van der Waals surface area contributed by atoms with Crippen molar-refractivity contribution in [2.75, 3.05) is 7.11 Å². The van der Waals surface area contributed by atoms with E-state index in [1.807, 2.05) is 24.3 Å². The van der Waals surface area contributed by atoms with E-state index in [-0.39, 0.29) is 33.7 Å². The highest BCUT2D eigenvalue weighted by Crippen LogP contribution is 2.37. The molecule has 0 spiro atoms. The summed E-state index contributed by atoms with van der Waals surface area (Å²) < 4.78 is 11.7. The van der Waals surface area contributed by atoms with Gasteiger partial charge in [-0.1, -0.05) is 28.1 Å². The normalized spacial score (nSPS) is 14.9. The van der Waals surface area contributed by atoms with Gasteiger partial charge in [0.25, 0.3) is 16.8 Å². The molecule has 0 N–H and O–H groups in total. The molecule has 1 fully saturated rings. The Morgan fingerprint density at radius 2 is 1.91 bits per heavy atom. The zero-order chi connectivity index (χ0) is 22.8. The first-order valence-corrected chi connectivity index (χ1v) is 10.9. The van der Waals surface area contributed by atoms with Crippen molar-refractivity contribution in [2.24, 2.45) is 0 Å². The van der Waals surface area contributed by atoms with Crippen LogP contribution in [-0.4, -0.2) is 28.1 Å². The Bertz CT molecular complexity index is 1250. The molecular formula is C22H15BrN2O6S. The summed E-state index contributed by atoms with van der Waals surface area (Å²) in [6, 6.07) is 14.9. The predicted octanol–water partition coefficient (Wildman–Crippen LogP) is 5.86. The topological polar surface area (TPSA) is 103 Å². The summed E-state index contributed by atoms with van der Waals surface area (Å²) in [4.78, 5) is 37.4. The first-order valence-electron chi connectivity index (χ1n) is 9.28. The fourth-order valence-electron chi connectivity index (χ4n) is 3.11. The van der Waals surface area contributed by atoms with E-state index in [0.717, 1.165) is 26.7 Å². The lowest BCUT2D eigenvalue weighted by atomic mass is 10.1. The van der Waals surface area contributed by atoms with Crippen molar-refractivity contribution < 1.29 is 23.7 Å². The van der Waals surface area contributed by atoms with Crippen molar-refractivity contribution in [3.05, 3.63) is 85.4 Å². The molecule has 1 aliphatic rings.